The highest BCUT2D eigenvalue weighted by atomic mass is 16.5. The number of benzene rings is 1. The number of anilines is 2. The SMILES string of the molecule is COc1ccc(N2CCN(CCn3ncc4c3nc(N)n3nc(-c5ccco5)nc43)CC2)cc1. The summed E-state index contributed by atoms with van der Waals surface area (Å²) < 4.78 is 14.1. The van der Waals surface area contributed by atoms with E-state index >= 15 is 0 Å². The number of furan rings is 1. The van der Waals surface area contributed by atoms with Crippen molar-refractivity contribution in [3.8, 4) is 17.3 Å². The number of methoxy groups -OCH3 is 1. The van der Waals surface area contributed by atoms with Crippen molar-refractivity contribution in [3.63, 3.8) is 0 Å². The van der Waals surface area contributed by atoms with Gasteiger partial charge in [-0.3, -0.25) is 4.90 Å². The molecular weight excluding hydrogens is 434 g/mol. The largest absolute Gasteiger partial charge is 0.497 e. The maximum absolute atomic E-state index is 6.20. The number of ether oxygens (including phenoxy) is 1. The second kappa shape index (κ2) is 8.34. The summed E-state index contributed by atoms with van der Waals surface area (Å²) in [5.41, 5.74) is 8.75. The minimum atomic E-state index is 0.266. The molecule has 1 aliphatic rings. The highest BCUT2D eigenvalue weighted by molar-refractivity contribution is 5.90. The number of piperazine rings is 1. The average Bonchev–Trinajstić information content (AvgIpc) is 3.63. The van der Waals surface area contributed by atoms with E-state index < -0.39 is 0 Å². The third kappa shape index (κ3) is 3.59. The fourth-order valence-electron chi connectivity index (χ4n) is 4.39. The molecule has 34 heavy (non-hydrogen) atoms. The predicted molar refractivity (Wildman–Crippen MR) is 128 cm³/mol. The van der Waals surface area contributed by atoms with E-state index in [1.165, 1.54) is 10.2 Å². The molecule has 0 atom stereocenters. The minimum Gasteiger partial charge on any atom is -0.497 e. The first-order valence-electron chi connectivity index (χ1n) is 11.2. The zero-order valence-electron chi connectivity index (χ0n) is 18.8. The van der Waals surface area contributed by atoms with E-state index in [1.54, 1.807) is 25.6 Å². The van der Waals surface area contributed by atoms with E-state index in [9.17, 15) is 0 Å². The van der Waals surface area contributed by atoms with Gasteiger partial charge in [0.25, 0.3) is 0 Å². The number of hydrogen-bond donors (Lipinski definition) is 1. The topological polar surface area (TPSA) is 116 Å². The van der Waals surface area contributed by atoms with Gasteiger partial charge in [-0.2, -0.15) is 14.6 Å². The Morgan fingerprint density at radius 1 is 1.00 bits per heavy atom. The summed E-state index contributed by atoms with van der Waals surface area (Å²) in [6.45, 7) is 5.53. The van der Waals surface area contributed by atoms with Crippen LogP contribution in [0.3, 0.4) is 0 Å². The minimum absolute atomic E-state index is 0.266. The van der Waals surface area contributed by atoms with Crippen LogP contribution in [-0.4, -0.2) is 74.1 Å². The van der Waals surface area contributed by atoms with Crippen LogP contribution in [0.4, 0.5) is 11.6 Å². The summed E-state index contributed by atoms with van der Waals surface area (Å²) >= 11 is 0. The van der Waals surface area contributed by atoms with Gasteiger partial charge in [-0.1, -0.05) is 0 Å². The maximum Gasteiger partial charge on any atom is 0.225 e. The Balaban J connectivity index is 1.15. The molecule has 1 aliphatic heterocycles. The lowest BCUT2D eigenvalue weighted by Crippen LogP contribution is -2.47. The Bertz CT molecular complexity index is 1410. The molecule has 2 N–H and O–H groups in total. The van der Waals surface area contributed by atoms with Crippen molar-refractivity contribution in [1.29, 1.82) is 0 Å². The van der Waals surface area contributed by atoms with Crippen molar-refractivity contribution < 1.29 is 9.15 Å². The van der Waals surface area contributed by atoms with Gasteiger partial charge < -0.3 is 19.8 Å². The van der Waals surface area contributed by atoms with Crippen LogP contribution >= 0.6 is 0 Å². The van der Waals surface area contributed by atoms with Crippen LogP contribution in [0.2, 0.25) is 0 Å². The molecule has 11 heteroatoms. The molecule has 1 saturated heterocycles. The van der Waals surface area contributed by atoms with Crippen LogP contribution in [0, 0.1) is 0 Å². The lowest BCUT2D eigenvalue weighted by atomic mass is 10.2. The van der Waals surface area contributed by atoms with Crippen LogP contribution in [0.5, 0.6) is 5.75 Å². The normalized spacial score (nSPS) is 14.9. The van der Waals surface area contributed by atoms with Crippen molar-refractivity contribution in [3.05, 3.63) is 48.9 Å². The zero-order chi connectivity index (χ0) is 23.1. The van der Waals surface area contributed by atoms with E-state index in [2.05, 4.69) is 42.1 Å². The van der Waals surface area contributed by atoms with Gasteiger partial charge in [0, 0.05) is 38.4 Å². The molecule has 6 rings (SSSR count). The second-order valence-corrected chi connectivity index (χ2v) is 8.25. The third-order valence-electron chi connectivity index (χ3n) is 6.28. The quantitative estimate of drug-likeness (QED) is 0.408. The molecule has 0 unspecified atom stereocenters. The molecule has 1 fully saturated rings. The molecule has 4 aromatic heterocycles. The fourth-order valence-corrected chi connectivity index (χ4v) is 4.39. The van der Waals surface area contributed by atoms with Gasteiger partial charge in [0.1, 0.15) is 5.75 Å². The number of aromatic nitrogens is 6. The van der Waals surface area contributed by atoms with Gasteiger partial charge in [-0.05, 0) is 36.4 Å². The Morgan fingerprint density at radius 3 is 2.56 bits per heavy atom. The lowest BCUT2D eigenvalue weighted by molar-refractivity contribution is 0.245. The molecule has 5 aromatic rings. The third-order valence-corrected chi connectivity index (χ3v) is 6.28. The fraction of sp³-hybridized carbons (Fsp3) is 0.304. The highest BCUT2D eigenvalue weighted by Crippen LogP contribution is 2.24. The first-order valence-corrected chi connectivity index (χ1v) is 11.2. The lowest BCUT2D eigenvalue weighted by Gasteiger charge is -2.36. The number of nitrogens with zero attached hydrogens (tertiary/aromatic N) is 8. The second-order valence-electron chi connectivity index (χ2n) is 8.25. The summed E-state index contributed by atoms with van der Waals surface area (Å²) in [6.07, 6.45) is 3.37. The predicted octanol–water partition coefficient (Wildman–Crippen LogP) is 2.15. The molecule has 174 valence electrons. The van der Waals surface area contributed by atoms with Crippen LogP contribution in [-0.2, 0) is 6.54 Å². The summed E-state index contributed by atoms with van der Waals surface area (Å²) in [7, 11) is 1.69. The Hall–Kier alpha value is -4.12. The summed E-state index contributed by atoms with van der Waals surface area (Å²) in [4.78, 5) is 14.0. The van der Waals surface area contributed by atoms with Gasteiger partial charge in [0.2, 0.25) is 11.8 Å². The van der Waals surface area contributed by atoms with E-state index in [4.69, 9.17) is 14.9 Å². The number of fused-ring (bicyclic) bond motifs is 3. The summed E-state index contributed by atoms with van der Waals surface area (Å²) in [5.74, 6) is 2.19. The van der Waals surface area contributed by atoms with Gasteiger partial charge in [0.15, 0.2) is 17.1 Å². The Kier molecular flexibility index (Phi) is 5.02. The van der Waals surface area contributed by atoms with E-state index in [-0.39, 0.29) is 5.95 Å². The van der Waals surface area contributed by atoms with Crippen LogP contribution < -0.4 is 15.4 Å². The standard InChI is InChI=1S/C23H25N9O2/c1-33-17-6-4-16(5-7-17)30-11-8-29(9-12-30)10-13-31-21-18(15-25-31)22-26-20(19-3-2-14-34-19)28-32(22)23(24)27-21/h2-7,14-15H,8-13H2,1H3,(H2,24,27). The maximum atomic E-state index is 6.20. The molecule has 0 bridgehead atoms. The zero-order valence-corrected chi connectivity index (χ0v) is 18.8. The molecule has 1 aromatic carbocycles. The van der Waals surface area contributed by atoms with E-state index in [1.807, 2.05) is 22.9 Å². The van der Waals surface area contributed by atoms with Crippen LogP contribution in [0.25, 0.3) is 28.3 Å². The van der Waals surface area contributed by atoms with E-state index in [0.29, 0.717) is 29.4 Å². The summed E-state index contributed by atoms with van der Waals surface area (Å²) in [5, 5.41) is 9.82. The Morgan fingerprint density at radius 2 is 1.82 bits per heavy atom. The first kappa shape index (κ1) is 20.5. The van der Waals surface area contributed by atoms with Crippen LogP contribution in [0.15, 0.2) is 53.3 Å². The number of nitrogens with two attached hydrogens (primary N) is 1. The molecule has 0 spiro atoms. The summed E-state index contributed by atoms with van der Waals surface area (Å²) in [6, 6.07) is 11.9. The van der Waals surface area contributed by atoms with Crippen molar-refractivity contribution in [2.45, 2.75) is 6.54 Å². The van der Waals surface area contributed by atoms with Gasteiger partial charge in [0.05, 0.1) is 31.5 Å². The number of nitrogen functional groups attached to an aromatic ring is 1. The molecular formula is C23H25N9O2. The van der Waals surface area contributed by atoms with Crippen molar-refractivity contribution in [1.82, 2.24) is 34.3 Å². The molecule has 5 heterocycles. The molecule has 0 radical (unpaired) electrons. The molecule has 0 amide bonds. The van der Waals surface area contributed by atoms with Crippen molar-refractivity contribution in [2.24, 2.45) is 0 Å². The number of hydrogen-bond acceptors (Lipinski definition) is 9. The Labute approximate surface area is 195 Å². The van der Waals surface area contributed by atoms with Gasteiger partial charge in [-0.15, -0.1) is 5.10 Å². The average molecular weight is 460 g/mol. The van der Waals surface area contributed by atoms with Crippen molar-refractivity contribution in [2.75, 3.05) is 50.5 Å². The van der Waals surface area contributed by atoms with Crippen LogP contribution in [0.1, 0.15) is 0 Å². The first-order chi connectivity index (χ1) is 16.7. The molecule has 0 aliphatic carbocycles. The smallest absolute Gasteiger partial charge is 0.225 e. The van der Waals surface area contributed by atoms with E-state index in [0.717, 1.165) is 43.9 Å². The monoisotopic (exact) mass is 459 g/mol. The van der Waals surface area contributed by atoms with Gasteiger partial charge in [-0.25, -0.2) is 9.67 Å². The number of rotatable bonds is 6. The molecule has 0 saturated carbocycles. The van der Waals surface area contributed by atoms with Gasteiger partial charge >= 0.3 is 0 Å². The van der Waals surface area contributed by atoms with Crippen molar-refractivity contribution >= 4 is 28.3 Å². The highest BCUT2D eigenvalue weighted by Gasteiger charge is 2.20. The molecule has 11 nitrogen and oxygen atoms in total.